The predicted octanol–water partition coefficient (Wildman–Crippen LogP) is 4.79. The Kier molecular flexibility index (Phi) is 4.95. The van der Waals surface area contributed by atoms with Gasteiger partial charge in [0.05, 0.1) is 13.2 Å². The lowest BCUT2D eigenvalue weighted by molar-refractivity contribution is 0.114. The summed E-state index contributed by atoms with van der Waals surface area (Å²) < 4.78 is 7.90. The molecule has 0 amide bonds. The van der Waals surface area contributed by atoms with Crippen molar-refractivity contribution in [2.75, 3.05) is 6.61 Å². The van der Waals surface area contributed by atoms with Crippen molar-refractivity contribution in [2.24, 2.45) is 0 Å². The van der Waals surface area contributed by atoms with Crippen LogP contribution in [0.1, 0.15) is 11.3 Å². The molecule has 0 spiro atoms. The van der Waals surface area contributed by atoms with E-state index in [1.54, 1.807) is 6.07 Å². The zero-order valence-corrected chi connectivity index (χ0v) is 14.9. The maximum absolute atomic E-state index is 9.21. The third-order valence-corrected chi connectivity index (χ3v) is 4.51. The van der Waals surface area contributed by atoms with Crippen LogP contribution in [-0.2, 0) is 17.9 Å². The molecule has 4 heteroatoms. The summed E-state index contributed by atoms with van der Waals surface area (Å²) in [6.45, 7) is 1.84. The van der Waals surface area contributed by atoms with Gasteiger partial charge in [-0.15, -0.1) is 0 Å². The first-order valence-corrected chi connectivity index (χ1v) is 8.92. The van der Waals surface area contributed by atoms with Gasteiger partial charge in [0.15, 0.2) is 0 Å². The second-order valence-electron chi connectivity index (χ2n) is 6.32. The highest BCUT2D eigenvalue weighted by Crippen LogP contribution is 2.29. The van der Waals surface area contributed by atoms with Crippen LogP contribution in [0, 0.1) is 11.3 Å². The molecule has 0 saturated heterocycles. The highest BCUT2D eigenvalue weighted by molar-refractivity contribution is 5.94. The minimum atomic E-state index is 0.423. The topological polar surface area (TPSA) is 50.8 Å². The number of benzene rings is 2. The molecule has 0 unspecified atom stereocenters. The van der Waals surface area contributed by atoms with Gasteiger partial charge >= 0.3 is 0 Å². The lowest BCUT2D eigenvalue weighted by atomic mass is 10.1. The van der Waals surface area contributed by atoms with Crippen molar-refractivity contribution >= 4 is 11.0 Å². The van der Waals surface area contributed by atoms with E-state index in [-0.39, 0.29) is 0 Å². The molecule has 27 heavy (non-hydrogen) atoms. The molecule has 132 valence electrons. The molecule has 4 nitrogen and oxygen atoms in total. The van der Waals surface area contributed by atoms with Crippen LogP contribution in [0.5, 0.6) is 0 Å². The van der Waals surface area contributed by atoms with Gasteiger partial charge in [-0.3, -0.25) is 0 Å². The molecular weight excluding hydrogens is 334 g/mol. The summed E-state index contributed by atoms with van der Waals surface area (Å²) in [7, 11) is 0. The van der Waals surface area contributed by atoms with Gasteiger partial charge in [-0.2, -0.15) is 5.26 Å². The summed E-state index contributed by atoms with van der Waals surface area (Å²) in [5.41, 5.74) is 4.65. The van der Waals surface area contributed by atoms with E-state index in [2.05, 4.69) is 46.1 Å². The second-order valence-corrected chi connectivity index (χ2v) is 6.32. The van der Waals surface area contributed by atoms with Crippen molar-refractivity contribution in [1.29, 1.82) is 5.26 Å². The molecular formula is C23H19N3O. The quantitative estimate of drug-likeness (QED) is 0.468. The highest BCUT2D eigenvalue weighted by Gasteiger charge is 2.12. The minimum Gasteiger partial charge on any atom is -0.375 e. The van der Waals surface area contributed by atoms with Crippen LogP contribution in [0.4, 0.5) is 0 Å². The number of hydrogen-bond acceptors (Lipinski definition) is 3. The smallest absolute Gasteiger partial charge is 0.142 e. The Morgan fingerprint density at radius 1 is 0.926 bits per heavy atom. The zero-order chi connectivity index (χ0) is 18.5. The normalized spacial score (nSPS) is 10.8. The number of ether oxygens (including phenoxy) is 1. The maximum atomic E-state index is 9.21. The number of nitriles is 1. The van der Waals surface area contributed by atoms with Crippen molar-refractivity contribution in [3.63, 3.8) is 0 Å². The molecule has 4 rings (SSSR count). The minimum absolute atomic E-state index is 0.423. The van der Waals surface area contributed by atoms with E-state index in [1.807, 2.05) is 42.5 Å². The molecule has 2 aromatic heterocycles. The highest BCUT2D eigenvalue weighted by atomic mass is 16.5. The van der Waals surface area contributed by atoms with E-state index in [9.17, 15) is 5.26 Å². The van der Waals surface area contributed by atoms with Crippen molar-refractivity contribution < 1.29 is 4.74 Å². The number of fused-ring (bicyclic) bond motifs is 1. The van der Waals surface area contributed by atoms with Crippen molar-refractivity contribution in [2.45, 2.75) is 13.2 Å². The Bertz CT molecular complexity index is 1080. The van der Waals surface area contributed by atoms with E-state index in [0.29, 0.717) is 25.5 Å². The van der Waals surface area contributed by atoms with Gasteiger partial charge in [0, 0.05) is 23.7 Å². The molecule has 0 aliphatic heterocycles. The first kappa shape index (κ1) is 17.0. The SMILES string of the molecule is N#Cc1ccc2c(-c3ccccc3)cn(CCOCc3ccccc3)c2n1. The Balaban J connectivity index is 1.58. The summed E-state index contributed by atoms with van der Waals surface area (Å²) in [6.07, 6.45) is 2.10. The third-order valence-electron chi connectivity index (χ3n) is 4.51. The number of rotatable bonds is 6. The molecule has 2 heterocycles. The molecule has 0 aliphatic carbocycles. The van der Waals surface area contributed by atoms with Gasteiger partial charge in [0.1, 0.15) is 17.4 Å². The van der Waals surface area contributed by atoms with Crippen LogP contribution in [0.3, 0.4) is 0 Å². The fourth-order valence-electron chi connectivity index (χ4n) is 3.17. The Hall–Kier alpha value is -3.42. The van der Waals surface area contributed by atoms with Crippen molar-refractivity contribution in [3.05, 3.63) is 90.3 Å². The van der Waals surface area contributed by atoms with E-state index in [4.69, 9.17) is 4.74 Å². The predicted molar refractivity (Wildman–Crippen MR) is 106 cm³/mol. The van der Waals surface area contributed by atoms with Crippen LogP contribution < -0.4 is 0 Å². The molecule has 0 radical (unpaired) electrons. The largest absolute Gasteiger partial charge is 0.375 e. The average Bonchev–Trinajstić information content (AvgIpc) is 3.10. The molecule has 0 fully saturated rings. The first-order valence-electron chi connectivity index (χ1n) is 8.92. The monoisotopic (exact) mass is 353 g/mol. The Morgan fingerprint density at radius 3 is 2.41 bits per heavy atom. The second kappa shape index (κ2) is 7.86. The van der Waals surface area contributed by atoms with Crippen LogP contribution in [0.25, 0.3) is 22.2 Å². The Labute approximate surface area is 158 Å². The Morgan fingerprint density at radius 2 is 1.67 bits per heavy atom. The fourth-order valence-corrected chi connectivity index (χ4v) is 3.17. The summed E-state index contributed by atoms with van der Waals surface area (Å²) >= 11 is 0. The number of nitrogens with zero attached hydrogens (tertiary/aromatic N) is 3. The van der Waals surface area contributed by atoms with Gasteiger partial charge in [0.25, 0.3) is 0 Å². The molecule has 2 aromatic carbocycles. The first-order chi connectivity index (χ1) is 13.3. The van der Waals surface area contributed by atoms with Crippen LogP contribution >= 0.6 is 0 Å². The summed E-state index contributed by atoms with van der Waals surface area (Å²) in [5.74, 6) is 0. The lowest BCUT2D eigenvalue weighted by Gasteiger charge is -2.06. The molecule has 0 aliphatic rings. The summed E-state index contributed by atoms with van der Waals surface area (Å²) in [4.78, 5) is 4.52. The molecule has 0 N–H and O–H groups in total. The molecule has 0 saturated carbocycles. The van der Waals surface area contributed by atoms with E-state index in [0.717, 1.165) is 27.7 Å². The van der Waals surface area contributed by atoms with Crippen molar-refractivity contribution in [1.82, 2.24) is 9.55 Å². The van der Waals surface area contributed by atoms with E-state index < -0.39 is 0 Å². The van der Waals surface area contributed by atoms with Crippen LogP contribution in [0.2, 0.25) is 0 Å². The van der Waals surface area contributed by atoms with Crippen molar-refractivity contribution in [3.8, 4) is 17.2 Å². The molecule has 0 atom stereocenters. The molecule has 4 aromatic rings. The maximum Gasteiger partial charge on any atom is 0.142 e. The number of pyridine rings is 1. The molecule has 0 bridgehead atoms. The van der Waals surface area contributed by atoms with Gasteiger partial charge < -0.3 is 9.30 Å². The summed E-state index contributed by atoms with van der Waals surface area (Å²) in [5, 5.41) is 10.3. The van der Waals surface area contributed by atoms with E-state index in [1.165, 1.54) is 0 Å². The summed E-state index contributed by atoms with van der Waals surface area (Å²) in [6, 6.07) is 26.2. The van der Waals surface area contributed by atoms with Crippen LogP contribution in [-0.4, -0.2) is 16.2 Å². The number of aromatic nitrogens is 2. The average molecular weight is 353 g/mol. The third kappa shape index (κ3) is 3.74. The standard InChI is InChI=1S/C23H19N3O/c24-15-20-11-12-21-22(19-9-5-2-6-10-19)16-26(23(21)25-20)13-14-27-17-18-7-3-1-4-8-18/h1-12,16H,13-14,17H2. The van der Waals surface area contributed by atoms with E-state index >= 15 is 0 Å². The fraction of sp³-hybridized carbons (Fsp3) is 0.130. The number of hydrogen-bond donors (Lipinski definition) is 0. The van der Waals surface area contributed by atoms with Crippen LogP contribution in [0.15, 0.2) is 79.0 Å². The van der Waals surface area contributed by atoms with Gasteiger partial charge in [-0.05, 0) is 23.3 Å². The van der Waals surface area contributed by atoms with Gasteiger partial charge in [-0.1, -0.05) is 60.7 Å². The van der Waals surface area contributed by atoms with Gasteiger partial charge in [0.2, 0.25) is 0 Å². The lowest BCUT2D eigenvalue weighted by Crippen LogP contribution is -2.06. The van der Waals surface area contributed by atoms with Gasteiger partial charge in [-0.25, -0.2) is 4.98 Å². The zero-order valence-electron chi connectivity index (χ0n) is 14.9.